The van der Waals surface area contributed by atoms with Gasteiger partial charge in [-0.2, -0.15) is 8.42 Å². The van der Waals surface area contributed by atoms with E-state index in [1.807, 2.05) is 0 Å². The molecule has 0 atom stereocenters. The lowest BCUT2D eigenvalue weighted by atomic mass is 10.4. The van der Waals surface area contributed by atoms with Crippen LogP contribution in [-0.2, 0) is 10.2 Å². The molecule has 1 amide bonds. The maximum absolute atomic E-state index is 12.0. The zero-order valence-corrected chi connectivity index (χ0v) is 9.41. The molecule has 84 valence electrons. The summed E-state index contributed by atoms with van der Waals surface area (Å²) < 4.78 is 32.3. The first-order valence-electron chi connectivity index (χ1n) is 4.23. The van der Waals surface area contributed by atoms with Gasteiger partial charge in [0.25, 0.3) is 5.91 Å². The first kappa shape index (κ1) is 12.1. The number of carbonyl (C=O) groups is 1. The molecule has 0 saturated carbocycles. The summed E-state index contributed by atoms with van der Waals surface area (Å²) in [6.07, 6.45) is 0.0793. The van der Waals surface area contributed by atoms with E-state index >= 15 is 0 Å². The van der Waals surface area contributed by atoms with Crippen LogP contribution in [0.15, 0.2) is 17.5 Å². The summed E-state index contributed by atoms with van der Waals surface area (Å²) in [7, 11) is -4.42. The molecule has 0 saturated heterocycles. The fraction of sp³-hybridized carbons (Fsp3) is 0.375. The van der Waals surface area contributed by atoms with E-state index in [2.05, 4.69) is 5.32 Å². The third kappa shape index (κ3) is 4.89. The Labute approximate surface area is 91.3 Å². The molecule has 0 radical (unpaired) electrons. The molecule has 0 aromatic carbocycles. The van der Waals surface area contributed by atoms with Gasteiger partial charge >= 0.3 is 10.2 Å². The summed E-state index contributed by atoms with van der Waals surface area (Å²) >= 11 is 1.29. The molecule has 1 aromatic heterocycles. The lowest BCUT2D eigenvalue weighted by Gasteiger charge is -2.01. The van der Waals surface area contributed by atoms with Gasteiger partial charge in [-0.25, -0.2) is 0 Å². The standard InChI is InChI=1S/C8H10FNO3S2/c9-15(12,13)6-2-4-10-8(11)7-3-1-5-14-7/h1,3,5H,2,4,6H2,(H,10,11). The number of halogens is 1. The van der Waals surface area contributed by atoms with Gasteiger partial charge in [-0.1, -0.05) is 6.07 Å². The molecule has 0 aliphatic heterocycles. The van der Waals surface area contributed by atoms with Gasteiger partial charge in [-0.15, -0.1) is 15.2 Å². The quantitative estimate of drug-likeness (QED) is 0.631. The summed E-state index contributed by atoms with van der Waals surface area (Å²) in [5, 5.41) is 4.26. The third-order valence-corrected chi connectivity index (χ3v) is 3.24. The van der Waals surface area contributed by atoms with Crippen LogP contribution >= 0.6 is 11.3 Å². The SMILES string of the molecule is O=C(NCCCS(=O)(=O)F)c1cccs1. The predicted molar refractivity (Wildman–Crippen MR) is 56.2 cm³/mol. The van der Waals surface area contributed by atoms with Crippen LogP contribution < -0.4 is 5.32 Å². The molecular formula is C8H10FNO3S2. The van der Waals surface area contributed by atoms with Crippen molar-refractivity contribution in [2.24, 2.45) is 0 Å². The summed E-state index contributed by atoms with van der Waals surface area (Å²) in [4.78, 5) is 11.8. The minimum Gasteiger partial charge on any atom is -0.351 e. The topological polar surface area (TPSA) is 63.2 Å². The van der Waals surface area contributed by atoms with E-state index in [4.69, 9.17) is 0 Å². The van der Waals surface area contributed by atoms with Gasteiger partial charge in [-0.05, 0) is 17.9 Å². The van der Waals surface area contributed by atoms with Crippen LogP contribution in [0.2, 0.25) is 0 Å². The molecule has 1 rings (SSSR count). The second kappa shape index (κ2) is 5.22. The molecule has 1 N–H and O–H groups in total. The third-order valence-electron chi connectivity index (χ3n) is 1.60. The van der Waals surface area contributed by atoms with Crippen molar-refractivity contribution in [3.8, 4) is 0 Å². The normalized spacial score (nSPS) is 11.3. The minimum atomic E-state index is -4.42. The van der Waals surface area contributed by atoms with E-state index in [0.29, 0.717) is 4.88 Å². The highest BCUT2D eigenvalue weighted by atomic mass is 32.3. The number of hydrogen-bond donors (Lipinski definition) is 1. The van der Waals surface area contributed by atoms with Gasteiger partial charge < -0.3 is 5.32 Å². The van der Waals surface area contributed by atoms with Crippen molar-refractivity contribution in [3.05, 3.63) is 22.4 Å². The summed E-state index contributed by atoms with van der Waals surface area (Å²) in [6, 6.07) is 3.40. The van der Waals surface area contributed by atoms with E-state index in [-0.39, 0.29) is 18.9 Å². The molecule has 0 aliphatic carbocycles. The fourth-order valence-electron chi connectivity index (χ4n) is 0.941. The van der Waals surface area contributed by atoms with Crippen molar-refractivity contribution >= 4 is 27.5 Å². The average molecular weight is 251 g/mol. The van der Waals surface area contributed by atoms with Crippen LogP contribution in [-0.4, -0.2) is 26.6 Å². The molecule has 1 heterocycles. The van der Waals surface area contributed by atoms with Crippen LogP contribution in [0.3, 0.4) is 0 Å². The molecule has 4 nitrogen and oxygen atoms in total. The molecule has 0 bridgehead atoms. The van der Waals surface area contributed by atoms with Crippen LogP contribution in [0.1, 0.15) is 16.1 Å². The van der Waals surface area contributed by atoms with Crippen molar-refractivity contribution in [1.29, 1.82) is 0 Å². The van der Waals surface area contributed by atoms with Crippen LogP contribution in [0, 0.1) is 0 Å². The molecule has 0 fully saturated rings. The van der Waals surface area contributed by atoms with Crippen molar-refractivity contribution in [2.45, 2.75) is 6.42 Å². The molecule has 1 aromatic rings. The second-order valence-electron chi connectivity index (χ2n) is 2.83. The Morgan fingerprint density at radius 2 is 2.27 bits per heavy atom. The van der Waals surface area contributed by atoms with Gasteiger partial charge in [0.1, 0.15) is 0 Å². The number of thiophene rings is 1. The van der Waals surface area contributed by atoms with Crippen molar-refractivity contribution in [2.75, 3.05) is 12.3 Å². The Morgan fingerprint density at radius 1 is 1.53 bits per heavy atom. The summed E-state index contributed by atoms with van der Waals surface area (Å²) in [5.74, 6) is -0.821. The molecule has 7 heteroatoms. The van der Waals surface area contributed by atoms with Crippen molar-refractivity contribution in [3.63, 3.8) is 0 Å². The number of rotatable bonds is 5. The van der Waals surface area contributed by atoms with E-state index < -0.39 is 16.0 Å². The largest absolute Gasteiger partial charge is 0.351 e. The highest BCUT2D eigenvalue weighted by molar-refractivity contribution is 7.86. The lowest BCUT2D eigenvalue weighted by Crippen LogP contribution is -2.24. The number of amides is 1. The van der Waals surface area contributed by atoms with Crippen molar-refractivity contribution in [1.82, 2.24) is 5.32 Å². The average Bonchev–Trinajstić information content (AvgIpc) is 2.63. The Kier molecular flexibility index (Phi) is 4.22. The molecule has 0 unspecified atom stereocenters. The van der Waals surface area contributed by atoms with Crippen LogP contribution in [0.25, 0.3) is 0 Å². The number of nitrogens with one attached hydrogen (secondary N) is 1. The van der Waals surface area contributed by atoms with Gasteiger partial charge in [0.05, 0.1) is 10.6 Å². The first-order valence-corrected chi connectivity index (χ1v) is 6.66. The summed E-state index contributed by atoms with van der Waals surface area (Å²) in [6.45, 7) is 0.153. The molecule has 0 spiro atoms. The van der Waals surface area contributed by atoms with E-state index in [1.54, 1.807) is 17.5 Å². The Bertz CT molecular complexity index is 413. The monoisotopic (exact) mass is 251 g/mol. The number of carbonyl (C=O) groups excluding carboxylic acids is 1. The maximum atomic E-state index is 12.0. The predicted octanol–water partition coefficient (Wildman–Crippen LogP) is 1.17. The minimum absolute atomic E-state index is 0.0793. The van der Waals surface area contributed by atoms with Crippen LogP contribution in [0.5, 0.6) is 0 Å². The highest BCUT2D eigenvalue weighted by Crippen LogP contribution is 2.07. The summed E-state index contributed by atoms with van der Waals surface area (Å²) in [5.41, 5.74) is 0. The second-order valence-corrected chi connectivity index (χ2v) is 5.26. The number of hydrogen-bond acceptors (Lipinski definition) is 4. The first-order chi connectivity index (χ1) is 6.99. The zero-order valence-electron chi connectivity index (χ0n) is 7.77. The van der Waals surface area contributed by atoms with E-state index in [1.165, 1.54) is 11.3 Å². The van der Waals surface area contributed by atoms with E-state index in [0.717, 1.165) is 0 Å². The van der Waals surface area contributed by atoms with Crippen molar-refractivity contribution < 1.29 is 17.1 Å². The van der Waals surface area contributed by atoms with Gasteiger partial charge in [0.15, 0.2) is 0 Å². The van der Waals surface area contributed by atoms with Gasteiger partial charge in [0, 0.05) is 6.54 Å². The Hall–Kier alpha value is -0.950. The molecule has 15 heavy (non-hydrogen) atoms. The van der Waals surface area contributed by atoms with Gasteiger partial charge in [-0.3, -0.25) is 4.79 Å². The maximum Gasteiger partial charge on any atom is 0.302 e. The van der Waals surface area contributed by atoms with Gasteiger partial charge in [0.2, 0.25) is 0 Å². The fourth-order valence-corrected chi connectivity index (χ4v) is 2.07. The zero-order chi connectivity index (χ0) is 11.3. The van der Waals surface area contributed by atoms with E-state index in [9.17, 15) is 17.1 Å². The molecular weight excluding hydrogens is 241 g/mol. The van der Waals surface area contributed by atoms with Crippen LogP contribution in [0.4, 0.5) is 3.89 Å². The highest BCUT2D eigenvalue weighted by Gasteiger charge is 2.08. The lowest BCUT2D eigenvalue weighted by molar-refractivity contribution is 0.0957. The molecule has 0 aliphatic rings. The Balaban J connectivity index is 2.24. The smallest absolute Gasteiger partial charge is 0.302 e. The Morgan fingerprint density at radius 3 is 2.80 bits per heavy atom.